The number of rotatable bonds is 4. The standard InChI is InChI=1S/C12H20FN3O.ClH/c1-4-10(15(2)3)6-12(17)16-8-9(13)5-11(16)7-14;/h9-11H,4-6,8H2,1-3H3;1H. The van der Waals surface area contributed by atoms with E-state index in [4.69, 9.17) is 5.26 Å². The van der Waals surface area contributed by atoms with Crippen LogP contribution in [0.25, 0.3) is 0 Å². The summed E-state index contributed by atoms with van der Waals surface area (Å²) in [6.07, 6.45) is 0.321. The summed E-state index contributed by atoms with van der Waals surface area (Å²) in [4.78, 5) is 15.4. The van der Waals surface area contributed by atoms with E-state index in [1.165, 1.54) is 4.90 Å². The zero-order valence-electron chi connectivity index (χ0n) is 11.1. The molecule has 1 fully saturated rings. The summed E-state index contributed by atoms with van der Waals surface area (Å²) in [5.41, 5.74) is 0. The Morgan fingerprint density at radius 1 is 1.61 bits per heavy atom. The summed E-state index contributed by atoms with van der Waals surface area (Å²) in [6.45, 7) is 2.09. The van der Waals surface area contributed by atoms with E-state index in [1.54, 1.807) is 0 Å². The van der Waals surface area contributed by atoms with E-state index in [2.05, 4.69) is 0 Å². The summed E-state index contributed by atoms with van der Waals surface area (Å²) in [6, 6.07) is 1.56. The average Bonchev–Trinajstić information content (AvgIpc) is 2.66. The van der Waals surface area contributed by atoms with E-state index in [-0.39, 0.29) is 37.3 Å². The fourth-order valence-electron chi connectivity index (χ4n) is 2.19. The second-order valence-corrected chi connectivity index (χ2v) is 4.75. The number of likely N-dealkylation sites (tertiary alicyclic amines) is 1. The van der Waals surface area contributed by atoms with Crippen LogP contribution in [0.15, 0.2) is 0 Å². The lowest BCUT2D eigenvalue weighted by Gasteiger charge is -2.26. The van der Waals surface area contributed by atoms with Crippen LogP contribution in [-0.2, 0) is 4.79 Å². The van der Waals surface area contributed by atoms with Crippen molar-refractivity contribution in [1.29, 1.82) is 5.26 Å². The van der Waals surface area contributed by atoms with Gasteiger partial charge in [0.25, 0.3) is 0 Å². The van der Waals surface area contributed by atoms with Crippen molar-refractivity contribution in [3.8, 4) is 6.07 Å². The Bertz CT molecular complexity index is 319. The van der Waals surface area contributed by atoms with Gasteiger partial charge in [0.05, 0.1) is 12.6 Å². The van der Waals surface area contributed by atoms with Gasteiger partial charge in [-0.2, -0.15) is 5.26 Å². The molecule has 1 heterocycles. The van der Waals surface area contributed by atoms with Crippen molar-refractivity contribution in [3.05, 3.63) is 0 Å². The van der Waals surface area contributed by atoms with Gasteiger partial charge in [0.15, 0.2) is 0 Å². The minimum atomic E-state index is -1.05. The molecule has 3 atom stereocenters. The lowest BCUT2D eigenvalue weighted by atomic mass is 10.1. The highest BCUT2D eigenvalue weighted by molar-refractivity contribution is 5.85. The number of amides is 1. The van der Waals surface area contributed by atoms with E-state index >= 15 is 0 Å². The van der Waals surface area contributed by atoms with E-state index < -0.39 is 12.2 Å². The van der Waals surface area contributed by atoms with Crippen LogP contribution in [0, 0.1) is 11.3 Å². The molecule has 3 unspecified atom stereocenters. The van der Waals surface area contributed by atoms with E-state index in [1.807, 2.05) is 32.0 Å². The SMILES string of the molecule is CCC(CC(=O)N1CC(F)CC1C#N)N(C)C.Cl. The minimum Gasteiger partial charge on any atom is -0.324 e. The molecule has 0 aromatic rings. The molecule has 1 rings (SSSR count). The van der Waals surface area contributed by atoms with Crippen molar-refractivity contribution in [2.45, 2.75) is 44.4 Å². The van der Waals surface area contributed by atoms with Gasteiger partial charge in [-0.3, -0.25) is 4.79 Å². The number of carbonyl (C=O) groups is 1. The number of halogens is 2. The first-order valence-electron chi connectivity index (χ1n) is 5.99. The molecule has 0 bridgehead atoms. The molecule has 4 nitrogen and oxygen atoms in total. The Labute approximate surface area is 114 Å². The topological polar surface area (TPSA) is 47.3 Å². The molecule has 0 aromatic carbocycles. The van der Waals surface area contributed by atoms with Gasteiger partial charge >= 0.3 is 0 Å². The van der Waals surface area contributed by atoms with Gasteiger partial charge in [-0.25, -0.2) is 4.39 Å². The van der Waals surface area contributed by atoms with Gasteiger partial charge in [-0.05, 0) is 20.5 Å². The van der Waals surface area contributed by atoms with Gasteiger partial charge in [-0.1, -0.05) is 6.92 Å². The molecule has 104 valence electrons. The van der Waals surface area contributed by atoms with Gasteiger partial charge in [0.2, 0.25) is 5.91 Å². The van der Waals surface area contributed by atoms with Crippen molar-refractivity contribution >= 4 is 18.3 Å². The van der Waals surface area contributed by atoms with E-state index in [0.29, 0.717) is 6.42 Å². The van der Waals surface area contributed by atoms with E-state index in [9.17, 15) is 9.18 Å². The molecule has 18 heavy (non-hydrogen) atoms. The van der Waals surface area contributed by atoms with Crippen molar-refractivity contribution in [2.24, 2.45) is 0 Å². The number of nitriles is 1. The molecule has 0 aliphatic carbocycles. The third kappa shape index (κ3) is 4.11. The van der Waals surface area contributed by atoms with Crippen LogP contribution in [0.4, 0.5) is 4.39 Å². The monoisotopic (exact) mass is 277 g/mol. The quantitative estimate of drug-likeness (QED) is 0.784. The van der Waals surface area contributed by atoms with Gasteiger partial charge in [0.1, 0.15) is 12.2 Å². The fourth-order valence-corrected chi connectivity index (χ4v) is 2.19. The highest BCUT2D eigenvalue weighted by Gasteiger charge is 2.35. The molecule has 0 N–H and O–H groups in total. The maximum absolute atomic E-state index is 13.2. The molecule has 1 aliphatic heterocycles. The zero-order chi connectivity index (χ0) is 13.0. The minimum absolute atomic E-state index is 0. The first-order chi connectivity index (χ1) is 7.99. The third-order valence-corrected chi connectivity index (χ3v) is 3.33. The molecule has 0 aromatic heterocycles. The molecule has 6 heteroatoms. The van der Waals surface area contributed by atoms with Gasteiger partial charge in [0, 0.05) is 18.9 Å². The van der Waals surface area contributed by atoms with E-state index in [0.717, 1.165) is 6.42 Å². The van der Waals surface area contributed by atoms with Crippen molar-refractivity contribution < 1.29 is 9.18 Å². The smallest absolute Gasteiger partial charge is 0.225 e. The second kappa shape index (κ2) is 7.55. The molecular formula is C12H21ClFN3O. The van der Waals surface area contributed by atoms with Crippen LogP contribution in [-0.4, -0.2) is 54.6 Å². The number of carbonyl (C=O) groups excluding carboxylic acids is 1. The maximum Gasteiger partial charge on any atom is 0.225 e. The lowest BCUT2D eigenvalue weighted by molar-refractivity contribution is -0.132. The summed E-state index contributed by atoms with van der Waals surface area (Å²) in [5, 5.41) is 8.88. The van der Waals surface area contributed by atoms with Gasteiger partial charge < -0.3 is 9.80 Å². The number of nitrogens with zero attached hydrogens (tertiary/aromatic N) is 3. The molecule has 0 radical (unpaired) electrons. The maximum atomic E-state index is 13.2. The Kier molecular flexibility index (Phi) is 7.19. The van der Waals surface area contributed by atoms with Crippen LogP contribution >= 0.6 is 12.4 Å². The predicted molar refractivity (Wildman–Crippen MR) is 70.3 cm³/mol. The Morgan fingerprint density at radius 2 is 2.22 bits per heavy atom. The van der Waals surface area contributed by atoms with Gasteiger partial charge in [-0.15, -0.1) is 12.4 Å². The van der Waals surface area contributed by atoms with Crippen LogP contribution in [0.1, 0.15) is 26.2 Å². The van der Waals surface area contributed by atoms with Crippen molar-refractivity contribution in [3.63, 3.8) is 0 Å². The molecule has 1 saturated heterocycles. The largest absolute Gasteiger partial charge is 0.324 e. The molecular weight excluding hydrogens is 257 g/mol. The number of hydrogen-bond donors (Lipinski definition) is 0. The van der Waals surface area contributed by atoms with Crippen LogP contribution in [0.2, 0.25) is 0 Å². The average molecular weight is 278 g/mol. The molecule has 0 spiro atoms. The summed E-state index contributed by atoms with van der Waals surface area (Å²) < 4.78 is 13.2. The molecule has 1 aliphatic rings. The first kappa shape index (κ1) is 17.1. The predicted octanol–water partition coefficient (Wildman–Crippen LogP) is 1.60. The normalized spacial score (nSPS) is 24.6. The van der Waals surface area contributed by atoms with Crippen molar-refractivity contribution in [2.75, 3.05) is 20.6 Å². The highest BCUT2D eigenvalue weighted by atomic mass is 35.5. The lowest BCUT2D eigenvalue weighted by Crippen LogP contribution is -2.39. The third-order valence-electron chi connectivity index (χ3n) is 3.33. The van der Waals surface area contributed by atoms with Crippen LogP contribution in [0.5, 0.6) is 0 Å². The Balaban J connectivity index is 0.00000289. The first-order valence-corrected chi connectivity index (χ1v) is 5.99. The highest BCUT2D eigenvalue weighted by Crippen LogP contribution is 2.21. The second-order valence-electron chi connectivity index (χ2n) is 4.75. The summed E-state index contributed by atoms with van der Waals surface area (Å²) in [5.74, 6) is -0.114. The number of alkyl halides is 1. The number of hydrogen-bond acceptors (Lipinski definition) is 3. The summed E-state index contributed by atoms with van der Waals surface area (Å²) in [7, 11) is 3.84. The van der Waals surface area contributed by atoms with Crippen LogP contribution in [0.3, 0.4) is 0 Å². The fraction of sp³-hybridized carbons (Fsp3) is 0.833. The Morgan fingerprint density at radius 3 is 2.67 bits per heavy atom. The summed E-state index contributed by atoms with van der Waals surface area (Å²) >= 11 is 0. The van der Waals surface area contributed by atoms with Crippen LogP contribution < -0.4 is 0 Å². The molecule has 1 amide bonds. The van der Waals surface area contributed by atoms with Crippen molar-refractivity contribution in [1.82, 2.24) is 9.80 Å². The zero-order valence-corrected chi connectivity index (χ0v) is 11.9. The molecule has 0 saturated carbocycles. The Hall–Kier alpha value is -0.860.